The van der Waals surface area contributed by atoms with Crippen molar-refractivity contribution in [3.63, 3.8) is 0 Å². The molecule has 0 atom stereocenters. The molecule has 0 heterocycles. The molecular weight excluding hydrogens is 379 g/mol. The van der Waals surface area contributed by atoms with Gasteiger partial charge in [0.25, 0.3) is 0 Å². The fourth-order valence-corrected chi connectivity index (χ4v) is 2.78. The quantitative estimate of drug-likeness (QED) is 0.429. The van der Waals surface area contributed by atoms with Crippen LogP contribution in [-0.2, 0) is 24.2 Å². The Bertz CT molecular complexity index is 761. The average molecular weight is 405 g/mol. The van der Waals surface area contributed by atoms with Crippen LogP contribution in [0.3, 0.4) is 0 Å². The van der Waals surface area contributed by atoms with E-state index in [-0.39, 0.29) is 7.43 Å². The Morgan fingerprint density at radius 1 is 1.04 bits per heavy atom. The summed E-state index contributed by atoms with van der Waals surface area (Å²) in [5.41, 5.74) is 2.76. The van der Waals surface area contributed by atoms with Gasteiger partial charge in [-0.2, -0.15) is 23.6 Å². The third kappa shape index (κ3) is 7.80. The molecule has 3 aromatic rings. The Labute approximate surface area is 167 Å². The van der Waals surface area contributed by atoms with Crippen molar-refractivity contribution >= 4 is 14.5 Å². The predicted octanol–water partition coefficient (Wildman–Crippen LogP) is 6.48. The zero-order valence-corrected chi connectivity index (χ0v) is 17.5. The van der Waals surface area contributed by atoms with E-state index in [1.807, 2.05) is 6.07 Å². The number of hydrogen-bond acceptors (Lipinski definition) is 0. The normalized spacial score (nSPS) is 11.3. The van der Waals surface area contributed by atoms with E-state index in [0.29, 0.717) is 0 Å². The molecule has 0 amide bonds. The van der Waals surface area contributed by atoms with E-state index >= 15 is 0 Å². The smallest absolute Gasteiger partial charge is 0.0809 e. The van der Waals surface area contributed by atoms with Crippen LogP contribution in [0, 0.1) is 13.5 Å². The Balaban J connectivity index is 0.000000186. The summed E-state index contributed by atoms with van der Waals surface area (Å²) in [7, 11) is 0. The fourth-order valence-electron chi connectivity index (χ4n) is 2.30. The molecule has 0 spiro atoms. The van der Waals surface area contributed by atoms with Crippen molar-refractivity contribution in [3.05, 3.63) is 110 Å². The second-order valence-corrected chi connectivity index (χ2v) is 6.10. The Hall–Kier alpha value is -1.72. The van der Waals surface area contributed by atoms with Gasteiger partial charge in [-0.15, -0.1) is 36.1 Å². The van der Waals surface area contributed by atoms with Crippen LogP contribution in [0.2, 0.25) is 0 Å². The summed E-state index contributed by atoms with van der Waals surface area (Å²) < 4.78 is 2.17. The topological polar surface area (TPSA) is 0 Å². The first kappa shape index (κ1) is 21.3. The molecule has 0 fully saturated rings. The Morgan fingerprint density at radius 3 is 2.28 bits per heavy atom. The van der Waals surface area contributed by atoms with E-state index in [1.165, 1.54) is 46.1 Å². The van der Waals surface area contributed by atoms with Crippen molar-refractivity contribution in [3.8, 4) is 0 Å². The maximum absolute atomic E-state index is 3.11. The SMILES string of the molecule is CCC1=CC[C-]=C1.[CH3-].[Zr]=[CH]c1ccccc1.c1ccc2[cH-]ccc2c1. The third-order valence-corrected chi connectivity index (χ3v) is 4.51. The first-order chi connectivity index (χ1) is 11.8. The second kappa shape index (κ2) is 12.6. The van der Waals surface area contributed by atoms with Gasteiger partial charge in [-0.3, -0.25) is 6.08 Å². The van der Waals surface area contributed by atoms with E-state index in [4.69, 9.17) is 0 Å². The summed E-state index contributed by atoms with van der Waals surface area (Å²) in [4.78, 5) is 0. The summed E-state index contributed by atoms with van der Waals surface area (Å²) in [6, 6.07) is 25.0. The maximum atomic E-state index is 3.11. The number of hydrogen-bond donors (Lipinski definition) is 0. The molecule has 0 unspecified atom stereocenters. The second-order valence-electron chi connectivity index (χ2n) is 5.39. The standard InChI is InChI=1S/C9H7.C7H6.C7H9.CH3.Zr/c1-2-5-9-7-3-6-8(9)4-1;1-7-5-3-2-4-6-7;1-2-7-5-3-4-6-7;;/h1-7H;1-6H;5-6H,2-3H2,1H3;1H3;/q-1;;2*-1;. The van der Waals surface area contributed by atoms with Gasteiger partial charge in [0.1, 0.15) is 0 Å². The van der Waals surface area contributed by atoms with E-state index in [1.54, 1.807) is 0 Å². The van der Waals surface area contributed by atoms with E-state index in [2.05, 4.69) is 95.6 Å². The van der Waals surface area contributed by atoms with Crippen LogP contribution in [-0.4, -0.2) is 3.71 Å². The maximum Gasteiger partial charge on any atom is -0.0809 e. The number of rotatable bonds is 2. The van der Waals surface area contributed by atoms with Crippen molar-refractivity contribution in [2.45, 2.75) is 19.8 Å². The minimum atomic E-state index is 0. The molecule has 0 saturated carbocycles. The average Bonchev–Trinajstić information content (AvgIpc) is 3.35. The van der Waals surface area contributed by atoms with Gasteiger partial charge in [-0.05, 0) is 0 Å². The largest absolute Gasteiger partial charge is 0.168 e. The molecule has 1 heteroatoms. The van der Waals surface area contributed by atoms with Crippen LogP contribution in [0.25, 0.3) is 10.8 Å². The molecule has 0 aliphatic heterocycles. The van der Waals surface area contributed by atoms with Crippen molar-refractivity contribution < 1.29 is 24.2 Å². The minimum Gasteiger partial charge on any atom is -0.168 e. The number of allylic oxidation sites excluding steroid dienone is 4. The zero-order valence-electron chi connectivity index (χ0n) is 15.1. The van der Waals surface area contributed by atoms with E-state index < -0.39 is 0 Å². The van der Waals surface area contributed by atoms with Gasteiger partial charge in [0.05, 0.1) is 0 Å². The van der Waals surface area contributed by atoms with Crippen LogP contribution in [0.15, 0.2) is 90.5 Å². The monoisotopic (exact) mass is 403 g/mol. The summed E-state index contributed by atoms with van der Waals surface area (Å²) in [6.45, 7) is 2.16. The molecule has 1 aliphatic rings. The first-order valence-corrected chi connectivity index (χ1v) is 9.67. The third-order valence-electron chi connectivity index (χ3n) is 3.69. The van der Waals surface area contributed by atoms with Gasteiger partial charge in [-0.25, -0.2) is 11.6 Å². The summed E-state index contributed by atoms with van der Waals surface area (Å²) >= 11 is 1.46. The van der Waals surface area contributed by atoms with Crippen LogP contribution >= 0.6 is 0 Å². The van der Waals surface area contributed by atoms with Crippen molar-refractivity contribution in [2.24, 2.45) is 0 Å². The van der Waals surface area contributed by atoms with Gasteiger partial charge in [-0.1, -0.05) is 19.4 Å². The van der Waals surface area contributed by atoms with Crippen molar-refractivity contribution in [2.75, 3.05) is 0 Å². The van der Waals surface area contributed by atoms with Crippen LogP contribution in [0.4, 0.5) is 0 Å². The molecule has 25 heavy (non-hydrogen) atoms. The molecular formula is C24H25Zr-3. The molecule has 0 saturated heterocycles. The van der Waals surface area contributed by atoms with Crippen LogP contribution < -0.4 is 0 Å². The van der Waals surface area contributed by atoms with Crippen molar-refractivity contribution in [1.82, 2.24) is 0 Å². The molecule has 0 N–H and O–H groups in total. The van der Waals surface area contributed by atoms with E-state index in [9.17, 15) is 0 Å². The summed E-state index contributed by atoms with van der Waals surface area (Å²) in [6.07, 6.45) is 9.57. The molecule has 0 aromatic heterocycles. The zero-order chi connectivity index (χ0) is 17.0. The Morgan fingerprint density at radius 2 is 1.76 bits per heavy atom. The van der Waals surface area contributed by atoms with Crippen LogP contribution in [0.5, 0.6) is 0 Å². The number of fused-ring (bicyclic) bond motifs is 1. The molecule has 0 bridgehead atoms. The number of benzene rings is 2. The van der Waals surface area contributed by atoms with Gasteiger partial charge < -0.3 is 7.43 Å². The molecule has 3 aromatic carbocycles. The van der Waals surface area contributed by atoms with Gasteiger partial charge in [0, 0.05) is 0 Å². The predicted molar refractivity (Wildman–Crippen MR) is 108 cm³/mol. The van der Waals surface area contributed by atoms with Gasteiger partial charge >= 0.3 is 63.8 Å². The van der Waals surface area contributed by atoms with Gasteiger partial charge in [0.2, 0.25) is 0 Å². The molecule has 4 rings (SSSR count). The molecule has 1 aliphatic carbocycles. The van der Waals surface area contributed by atoms with Crippen LogP contribution in [0.1, 0.15) is 25.3 Å². The molecule has 0 radical (unpaired) electrons. The first-order valence-electron chi connectivity index (χ1n) is 8.25. The summed E-state index contributed by atoms with van der Waals surface area (Å²) in [5, 5.41) is 2.66. The minimum absolute atomic E-state index is 0. The Kier molecular flexibility index (Phi) is 10.8. The fraction of sp³-hybridized carbons (Fsp3) is 0.125. The molecule has 0 nitrogen and oxygen atoms in total. The van der Waals surface area contributed by atoms with Crippen molar-refractivity contribution in [1.29, 1.82) is 0 Å². The van der Waals surface area contributed by atoms with E-state index in [0.717, 1.165) is 12.8 Å². The van der Waals surface area contributed by atoms with Gasteiger partial charge in [0.15, 0.2) is 0 Å². The summed E-state index contributed by atoms with van der Waals surface area (Å²) in [5.74, 6) is 0. The molecule has 128 valence electrons.